The zero-order valence-electron chi connectivity index (χ0n) is 12.2. The molecule has 0 spiro atoms. The minimum atomic E-state index is 0.288. The van der Waals surface area contributed by atoms with Crippen molar-refractivity contribution in [2.24, 2.45) is 11.1 Å². The molecule has 0 fully saturated rings. The third kappa shape index (κ3) is 6.72. The molecule has 0 radical (unpaired) electrons. The first kappa shape index (κ1) is 15.1. The Hall–Kier alpha value is -0.930. The average molecular weight is 249 g/mol. The van der Waals surface area contributed by atoms with Crippen LogP contribution in [0, 0.1) is 5.41 Å². The molecule has 1 heterocycles. The molecule has 0 aromatic carbocycles. The Labute approximate surface area is 111 Å². The maximum Gasteiger partial charge on any atom is 0.0543 e. The predicted octanol–water partition coefficient (Wildman–Crippen LogP) is 2.67. The van der Waals surface area contributed by atoms with Crippen molar-refractivity contribution in [3.8, 4) is 0 Å². The smallest absolute Gasteiger partial charge is 0.0543 e. The number of hydrogen-bond acceptors (Lipinski definition) is 3. The molecule has 2 N–H and O–H groups in total. The van der Waals surface area contributed by atoms with E-state index in [1.54, 1.807) is 0 Å². The van der Waals surface area contributed by atoms with Crippen molar-refractivity contribution in [3.05, 3.63) is 30.1 Å². The van der Waals surface area contributed by atoms with Gasteiger partial charge in [-0.05, 0) is 44.0 Å². The van der Waals surface area contributed by atoms with Crippen molar-refractivity contribution in [1.82, 2.24) is 9.88 Å². The molecular weight excluding hydrogens is 222 g/mol. The molecule has 0 aliphatic rings. The first-order valence-electron chi connectivity index (χ1n) is 6.71. The zero-order chi connectivity index (χ0) is 13.6. The molecule has 3 heteroatoms. The highest BCUT2D eigenvalue weighted by Gasteiger charge is 2.15. The van der Waals surface area contributed by atoms with Crippen molar-refractivity contribution in [2.75, 3.05) is 13.6 Å². The fourth-order valence-corrected chi connectivity index (χ4v) is 2.12. The molecule has 0 saturated carbocycles. The lowest BCUT2D eigenvalue weighted by Crippen LogP contribution is -2.31. The number of aromatic nitrogens is 1. The Morgan fingerprint density at radius 2 is 2.06 bits per heavy atom. The van der Waals surface area contributed by atoms with Gasteiger partial charge in [0.25, 0.3) is 0 Å². The topological polar surface area (TPSA) is 42.1 Å². The summed E-state index contributed by atoms with van der Waals surface area (Å²) >= 11 is 0. The summed E-state index contributed by atoms with van der Waals surface area (Å²) < 4.78 is 0. The number of nitrogens with two attached hydrogens (primary N) is 1. The second-order valence-electron chi connectivity index (χ2n) is 6.37. The Morgan fingerprint density at radius 1 is 1.33 bits per heavy atom. The fraction of sp³-hybridized carbons (Fsp3) is 0.667. The van der Waals surface area contributed by atoms with E-state index in [1.807, 2.05) is 18.3 Å². The van der Waals surface area contributed by atoms with Crippen LogP contribution in [0.2, 0.25) is 0 Å². The standard InChI is InChI=1S/C15H27N3/c1-15(2,3)11-13(16)8-10-18(4)12-14-7-5-6-9-17-14/h5-7,9,13H,8,10-12,16H2,1-4H3. The van der Waals surface area contributed by atoms with Gasteiger partial charge in [-0.25, -0.2) is 0 Å². The quantitative estimate of drug-likeness (QED) is 0.843. The van der Waals surface area contributed by atoms with Gasteiger partial charge in [0.2, 0.25) is 0 Å². The van der Waals surface area contributed by atoms with Gasteiger partial charge in [0.05, 0.1) is 5.69 Å². The molecule has 18 heavy (non-hydrogen) atoms. The Balaban J connectivity index is 2.27. The Bertz CT molecular complexity index is 329. The zero-order valence-corrected chi connectivity index (χ0v) is 12.2. The summed E-state index contributed by atoms with van der Waals surface area (Å²) in [5.74, 6) is 0. The largest absolute Gasteiger partial charge is 0.328 e. The molecule has 0 aliphatic carbocycles. The highest BCUT2D eigenvalue weighted by molar-refractivity contribution is 5.02. The third-order valence-electron chi connectivity index (χ3n) is 2.91. The van der Waals surface area contributed by atoms with E-state index in [4.69, 9.17) is 5.73 Å². The van der Waals surface area contributed by atoms with Crippen LogP contribution in [0.4, 0.5) is 0 Å². The van der Waals surface area contributed by atoms with E-state index >= 15 is 0 Å². The number of hydrogen-bond donors (Lipinski definition) is 1. The minimum Gasteiger partial charge on any atom is -0.328 e. The first-order chi connectivity index (χ1) is 8.37. The molecule has 102 valence electrons. The molecule has 1 atom stereocenters. The van der Waals surface area contributed by atoms with E-state index in [0.717, 1.165) is 31.6 Å². The van der Waals surface area contributed by atoms with Gasteiger partial charge in [0, 0.05) is 18.8 Å². The molecule has 1 rings (SSSR count). The molecule has 0 bridgehead atoms. The van der Waals surface area contributed by atoms with Crippen molar-refractivity contribution in [1.29, 1.82) is 0 Å². The van der Waals surface area contributed by atoms with E-state index in [2.05, 4.69) is 43.8 Å². The molecule has 3 nitrogen and oxygen atoms in total. The van der Waals surface area contributed by atoms with E-state index < -0.39 is 0 Å². The summed E-state index contributed by atoms with van der Waals surface area (Å²) in [6.07, 6.45) is 3.96. The number of rotatable bonds is 6. The van der Waals surface area contributed by atoms with Gasteiger partial charge in [0.15, 0.2) is 0 Å². The van der Waals surface area contributed by atoms with Crippen molar-refractivity contribution in [2.45, 2.75) is 46.2 Å². The van der Waals surface area contributed by atoms with Crippen LogP contribution < -0.4 is 5.73 Å². The first-order valence-corrected chi connectivity index (χ1v) is 6.71. The maximum atomic E-state index is 6.16. The monoisotopic (exact) mass is 249 g/mol. The van der Waals surface area contributed by atoms with E-state index in [0.29, 0.717) is 5.41 Å². The van der Waals surface area contributed by atoms with Crippen molar-refractivity contribution >= 4 is 0 Å². The summed E-state index contributed by atoms with van der Waals surface area (Å²) in [6, 6.07) is 6.33. The molecule has 1 unspecified atom stereocenters. The summed E-state index contributed by atoms with van der Waals surface area (Å²) in [6.45, 7) is 8.64. The second-order valence-corrected chi connectivity index (χ2v) is 6.37. The molecule has 0 aliphatic heterocycles. The highest BCUT2D eigenvalue weighted by atomic mass is 15.1. The van der Waals surface area contributed by atoms with Gasteiger partial charge in [-0.1, -0.05) is 26.8 Å². The van der Waals surface area contributed by atoms with E-state index in [9.17, 15) is 0 Å². The lowest BCUT2D eigenvalue weighted by atomic mass is 9.87. The average Bonchev–Trinajstić information content (AvgIpc) is 2.25. The number of pyridine rings is 1. The van der Waals surface area contributed by atoms with Crippen molar-refractivity contribution < 1.29 is 0 Å². The van der Waals surface area contributed by atoms with Crippen LogP contribution in [-0.4, -0.2) is 29.5 Å². The molecule has 0 amide bonds. The van der Waals surface area contributed by atoms with Crippen LogP contribution in [0.25, 0.3) is 0 Å². The normalized spacial score (nSPS) is 13.9. The lowest BCUT2D eigenvalue weighted by Gasteiger charge is -2.25. The predicted molar refractivity (Wildman–Crippen MR) is 77.2 cm³/mol. The van der Waals surface area contributed by atoms with Gasteiger partial charge in [-0.2, -0.15) is 0 Å². The Kier molecular flexibility index (Phi) is 5.76. The third-order valence-corrected chi connectivity index (χ3v) is 2.91. The summed E-state index contributed by atoms with van der Waals surface area (Å²) in [5, 5.41) is 0. The van der Waals surface area contributed by atoms with Crippen molar-refractivity contribution in [3.63, 3.8) is 0 Å². The van der Waals surface area contributed by atoms with Gasteiger partial charge in [-0.3, -0.25) is 4.98 Å². The summed E-state index contributed by atoms with van der Waals surface area (Å²) in [4.78, 5) is 6.61. The molecular formula is C15H27N3. The van der Waals surface area contributed by atoms with Crippen LogP contribution in [0.3, 0.4) is 0 Å². The highest BCUT2D eigenvalue weighted by Crippen LogP contribution is 2.21. The molecule has 1 aromatic heterocycles. The molecule has 0 saturated heterocycles. The van der Waals surface area contributed by atoms with Crippen LogP contribution in [0.15, 0.2) is 24.4 Å². The van der Waals surface area contributed by atoms with Crippen LogP contribution in [-0.2, 0) is 6.54 Å². The second kappa shape index (κ2) is 6.86. The SMILES string of the molecule is CN(CCC(N)CC(C)(C)C)Cc1ccccn1. The van der Waals surface area contributed by atoms with Crippen LogP contribution >= 0.6 is 0 Å². The summed E-state index contributed by atoms with van der Waals surface area (Å²) in [5.41, 5.74) is 7.59. The van der Waals surface area contributed by atoms with Crippen LogP contribution in [0.1, 0.15) is 39.3 Å². The van der Waals surface area contributed by atoms with Gasteiger partial charge >= 0.3 is 0 Å². The maximum absolute atomic E-state index is 6.16. The number of nitrogens with zero attached hydrogens (tertiary/aromatic N) is 2. The fourth-order valence-electron chi connectivity index (χ4n) is 2.12. The van der Waals surface area contributed by atoms with Gasteiger partial charge in [0.1, 0.15) is 0 Å². The summed E-state index contributed by atoms with van der Waals surface area (Å²) in [7, 11) is 2.12. The van der Waals surface area contributed by atoms with Gasteiger partial charge < -0.3 is 10.6 Å². The Morgan fingerprint density at radius 3 is 2.61 bits per heavy atom. The van der Waals surface area contributed by atoms with E-state index in [1.165, 1.54) is 0 Å². The molecule has 1 aromatic rings. The van der Waals surface area contributed by atoms with E-state index in [-0.39, 0.29) is 6.04 Å². The lowest BCUT2D eigenvalue weighted by molar-refractivity contribution is 0.276. The van der Waals surface area contributed by atoms with Crippen LogP contribution in [0.5, 0.6) is 0 Å². The minimum absolute atomic E-state index is 0.288. The van der Waals surface area contributed by atoms with Gasteiger partial charge in [-0.15, -0.1) is 0 Å².